The molecule has 0 saturated heterocycles. The van der Waals surface area contributed by atoms with Crippen molar-refractivity contribution < 1.29 is 0 Å². The summed E-state index contributed by atoms with van der Waals surface area (Å²) in [5, 5.41) is 0. The highest BCUT2D eigenvalue weighted by Gasteiger charge is 2.28. The van der Waals surface area contributed by atoms with Gasteiger partial charge in [0.25, 0.3) is 0 Å². The normalized spacial score (nSPS) is 39.5. The van der Waals surface area contributed by atoms with Crippen molar-refractivity contribution >= 4 is 15.9 Å². The molecule has 0 heterocycles. The van der Waals surface area contributed by atoms with Gasteiger partial charge in [0, 0.05) is 4.83 Å². The molecule has 0 aliphatic heterocycles. The molecule has 1 heteroatoms. The third-order valence-electron chi connectivity index (χ3n) is 2.94. The molecular weight excluding hydrogens is 200 g/mol. The minimum atomic E-state index is 0.784. The van der Waals surface area contributed by atoms with Crippen molar-refractivity contribution in [2.45, 2.75) is 44.9 Å². The Hall–Kier alpha value is 0.480. The van der Waals surface area contributed by atoms with Crippen LogP contribution in [0.5, 0.6) is 0 Å². The molecule has 11 heavy (non-hydrogen) atoms. The summed E-state index contributed by atoms with van der Waals surface area (Å²) in [7, 11) is 0. The van der Waals surface area contributed by atoms with E-state index >= 15 is 0 Å². The molecule has 1 rings (SSSR count). The fraction of sp³-hybridized carbons (Fsp3) is 1.00. The van der Waals surface area contributed by atoms with Gasteiger partial charge < -0.3 is 0 Å². The molecular formula is C10H19Br. The standard InChI is InChI=1S/C10H19Br/c1-7(2)9-5-4-8(3)6-10(9)11/h7-10H,4-6H2,1-3H3/t8-,9+,10-/m1/s1. The van der Waals surface area contributed by atoms with Crippen LogP contribution in [0.2, 0.25) is 0 Å². The average molecular weight is 219 g/mol. The second-order valence-corrected chi connectivity index (χ2v) is 5.52. The third-order valence-corrected chi connectivity index (χ3v) is 3.99. The first-order valence-electron chi connectivity index (χ1n) is 4.75. The Kier molecular flexibility index (Phi) is 3.42. The second kappa shape index (κ2) is 3.93. The van der Waals surface area contributed by atoms with E-state index < -0.39 is 0 Å². The average Bonchev–Trinajstić information content (AvgIpc) is 1.85. The molecule has 1 aliphatic carbocycles. The maximum absolute atomic E-state index is 3.80. The van der Waals surface area contributed by atoms with Gasteiger partial charge in [0.1, 0.15) is 0 Å². The van der Waals surface area contributed by atoms with Gasteiger partial charge in [-0.15, -0.1) is 0 Å². The number of hydrogen-bond acceptors (Lipinski definition) is 0. The molecule has 0 N–H and O–H groups in total. The van der Waals surface area contributed by atoms with E-state index in [0.29, 0.717) is 0 Å². The van der Waals surface area contributed by atoms with Gasteiger partial charge in [-0.05, 0) is 30.6 Å². The number of alkyl halides is 1. The Morgan fingerprint density at radius 1 is 1.27 bits per heavy atom. The summed E-state index contributed by atoms with van der Waals surface area (Å²) in [6.45, 7) is 7.05. The van der Waals surface area contributed by atoms with Crippen LogP contribution in [0, 0.1) is 17.8 Å². The molecule has 0 nitrogen and oxygen atoms in total. The Morgan fingerprint density at radius 2 is 1.91 bits per heavy atom. The quantitative estimate of drug-likeness (QED) is 0.588. The van der Waals surface area contributed by atoms with Crippen LogP contribution in [0.25, 0.3) is 0 Å². The predicted octanol–water partition coefficient (Wildman–Crippen LogP) is 3.84. The predicted molar refractivity (Wildman–Crippen MR) is 54.1 cm³/mol. The molecule has 66 valence electrons. The van der Waals surface area contributed by atoms with Crippen molar-refractivity contribution in [1.29, 1.82) is 0 Å². The van der Waals surface area contributed by atoms with Gasteiger partial charge in [-0.25, -0.2) is 0 Å². The van der Waals surface area contributed by atoms with Crippen LogP contribution in [0.15, 0.2) is 0 Å². The Bertz CT molecular complexity index is 120. The van der Waals surface area contributed by atoms with Crippen molar-refractivity contribution in [3.8, 4) is 0 Å². The lowest BCUT2D eigenvalue weighted by molar-refractivity contribution is 0.247. The summed E-state index contributed by atoms with van der Waals surface area (Å²) >= 11 is 3.80. The molecule has 0 radical (unpaired) electrons. The monoisotopic (exact) mass is 218 g/mol. The van der Waals surface area contributed by atoms with E-state index in [-0.39, 0.29) is 0 Å². The minimum Gasteiger partial charge on any atom is -0.0887 e. The minimum absolute atomic E-state index is 0.784. The van der Waals surface area contributed by atoms with E-state index in [9.17, 15) is 0 Å². The number of halogens is 1. The first-order valence-corrected chi connectivity index (χ1v) is 5.67. The van der Waals surface area contributed by atoms with Crippen LogP contribution in [0.4, 0.5) is 0 Å². The number of hydrogen-bond donors (Lipinski definition) is 0. The Labute approximate surface area is 78.9 Å². The van der Waals surface area contributed by atoms with Crippen molar-refractivity contribution in [1.82, 2.24) is 0 Å². The zero-order chi connectivity index (χ0) is 8.43. The fourth-order valence-corrected chi connectivity index (χ4v) is 3.60. The highest BCUT2D eigenvalue weighted by Crippen LogP contribution is 2.37. The first kappa shape index (κ1) is 9.57. The van der Waals surface area contributed by atoms with Crippen LogP contribution in [0.3, 0.4) is 0 Å². The van der Waals surface area contributed by atoms with Gasteiger partial charge in [-0.2, -0.15) is 0 Å². The molecule has 0 aromatic rings. The van der Waals surface area contributed by atoms with Crippen LogP contribution in [-0.2, 0) is 0 Å². The summed E-state index contributed by atoms with van der Waals surface area (Å²) in [6, 6.07) is 0. The summed E-state index contributed by atoms with van der Waals surface area (Å²) in [5.74, 6) is 2.72. The van der Waals surface area contributed by atoms with Crippen LogP contribution >= 0.6 is 15.9 Å². The molecule has 3 atom stereocenters. The zero-order valence-electron chi connectivity index (χ0n) is 7.81. The maximum Gasteiger partial charge on any atom is 0.0179 e. The maximum atomic E-state index is 3.80. The fourth-order valence-electron chi connectivity index (χ4n) is 2.09. The van der Waals surface area contributed by atoms with E-state index in [4.69, 9.17) is 0 Å². The van der Waals surface area contributed by atoms with E-state index in [1.54, 1.807) is 0 Å². The van der Waals surface area contributed by atoms with Crippen molar-refractivity contribution in [3.63, 3.8) is 0 Å². The van der Waals surface area contributed by atoms with Gasteiger partial charge in [0.15, 0.2) is 0 Å². The van der Waals surface area contributed by atoms with Crippen LogP contribution in [-0.4, -0.2) is 4.83 Å². The van der Waals surface area contributed by atoms with E-state index in [1.807, 2.05) is 0 Å². The van der Waals surface area contributed by atoms with E-state index in [2.05, 4.69) is 36.7 Å². The number of rotatable bonds is 1. The van der Waals surface area contributed by atoms with E-state index in [1.165, 1.54) is 19.3 Å². The van der Waals surface area contributed by atoms with Crippen LogP contribution in [0.1, 0.15) is 40.0 Å². The molecule has 0 bridgehead atoms. The molecule has 1 aliphatic rings. The van der Waals surface area contributed by atoms with Crippen molar-refractivity contribution in [2.24, 2.45) is 17.8 Å². The van der Waals surface area contributed by atoms with Gasteiger partial charge >= 0.3 is 0 Å². The first-order chi connectivity index (χ1) is 5.11. The largest absolute Gasteiger partial charge is 0.0887 e. The zero-order valence-corrected chi connectivity index (χ0v) is 9.39. The summed E-state index contributed by atoms with van der Waals surface area (Å²) in [6.07, 6.45) is 4.24. The SMILES string of the molecule is CC(C)[C@@H]1CC[C@@H](C)C[C@H]1Br. The molecule has 1 saturated carbocycles. The van der Waals surface area contributed by atoms with Gasteiger partial charge in [0.05, 0.1) is 0 Å². The molecule has 1 fully saturated rings. The Morgan fingerprint density at radius 3 is 2.36 bits per heavy atom. The van der Waals surface area contributed by atoms with Gasteiger partial charge in [0.2, 0.25) is 0 Å². The molecule has 0 unspecified atom stereocenters. The lowest BCUT2D eigenvalue weighted by atomic mass is 9.77. The summed E-state index contributed by atoms with van der Waals surface area (Å²) in [5.41, 5.74) is 0. The smallest absolute Gasteiger partial charge is 0.0179 e. The lowest BCUT2D eigenvalue weighted by Gasteiger charge is -2.33. The summed E-state index contributed by atoms with van der Waals surface area (Å²) in [4.78, 5) is 0.784. The highest BCUT2D eigenvalue weighted by molar-refractivity contribution is 9.09. The molecule has 0 aromatic carbocycles. The van der Waals surface area contributed by atoms with Crippen molar-refractivity contribution in [3.05, 3.63) is 0 Å². The second-order valence-electron chi connectivity index (χ2n) is 4.34. The van der Waals surface area contributed by atoms with Crippen molar-refractivity contribution in [2.75, 3.05) is 0 Å². The topological polar surface area (TPSA) is 0 Å². The third kappa shape index (κ3) is 2.47. The molecule has 0 amide bonds. The van der Waals surface area contributed by atoms with Crippen LogP contribution < -0.4 is 0 Å². The van der Waals surface area contributed by atoms with Gasteiger partial charge in [-0.1, -0.05) is 43.1 Å². The summed E-state index contributed by atoms with van der Waals surface area (Å²) < 4.78 is 0. The molecule has 0 spiro atoms. The molecule has 0 aromatic heterocycles. The lowest BCUT2D eigenvalue weighted by Crippen LogP contribution is -2.27. The van der Waals surface area contributed by atoms with E-state index in [0.717, 1.165) is 22.6 Å². The van der Waals surface area contributed by atoms with Gasteiger partial charge in [-0.3, -0.25) is 0 Å². The highest BCUT2D eigenvalue weighted by atomic mass is 79.9. The Balaban J connectivity index is 2.44.